The van der Waals surface area contributed by atoms with Gasteiger partial charge in [0.25, 0.3) is 0 Å². The van der Waals surface area contributed by atoms with Gasteiger partial charge >= 0.3 is 0 Å². The van der Waals surface area contributed by atoms with E-state index in [1.165, 1.54) is 5.56 Å². The maximum absolute atomic E-state index is 6.29. The maximum Gasteiger partial charge on any atom is 0.154 e. The van der Waals surface area contributed by atoms with Crippen LogP contribution in [0.3, 0.4) is 0 Å². The molecule has 1 aromatic carbocycles. The summed E-state index contributed by atoms with van der Waals surface area (Å²) in [6.07, 6.45) is 1.81. The summed E-state index contributed by atoms with van der Waals surface area (Å²) in [5.41, 5.74) is 1.18. The number of methoxy groups -OCH3 is 1. The zero-order chi connectivity index (χ0) is 13.5. The number of ether oxygens (including phenoxy) is 1. The van der Waals surface area contributed by atoms with Crippen molar-refractivity contribution in [1.29, 1.82) is 0 Å². The highest BCUT2D eigenvalue weighted by atomic mass is 35.5. The van der Waals surface area contributed by atoms with E-state index < -0.39 is 0 Å². The lowest BCUT2D eigenvalue weighted by Crippen LogP contribution is -2.18. The topological polar surface area (TPSA) is 34.1 Å². The van der Waals surface area contributed by atoms with Gasteiger partial charge in [0.15, 0.2) is 4.34 Å². The summed E-state index contributed by atoms with van der Waals surface area (Å²) in [6, 6.07) is 5.97. The van der Waals surface area contributed by atoms with Gasteiger partial charge in [0.2, 0.25) is 0 Å². The van der Waals surface area contributed by atoms with Crippen molar-refractivity contribution in [2.24, 2.45) is 0 Å². The Kier molecular flexibility index (Phi) is 6.13. The molecule has 0 spiro atoms. The van der Waals surface area contributed by atoms with Gasteiger partial charge in [-0.25, -0.2) is 4.98 Å². The molecule has 0 radical (unpaired) electrons. The fourth-order valence-electron chi connectivity index (χ4n) is 1.55. The summed E-state index contributed by atoms with van der Waals surface area (Å²) in [6.45, 7) is 2.30. The molecule has 0 aliphatic rings. The molecule has 6 heteroatoms. The molecule has 0 bridgehead atoms. The highest BCUT2D eigenvalue weighted by Crippen LogP contribution is 2.36. The quantitative estimate of drug-likeness (QED) is 0.790. The van der Waals surface area contributed by atoms with Crippen LogP contribution >= 0.6 is 34.7 Å². The molecule has 3 nitrogen and oxygen atoms in total. The zero-order valence-electron chi connectivity index (χ0n) is 10.6. The molecule has 0 saturated carbocycles. The van der Waals surface area contributed by atoms with Crippen LogP contribution in [0, 0.1) is 0 Å². The fraction of sp³-hybridized carbons (Fsp3) is 0.308. The largest absolute Gasteiger partial charge is 0.383 e. The standard InChI is InChI=1S/C13H15ClN2OS2/c1-17-7-5-15-9-10-3-2-4-11(14)12(10)19-13-16-6-8-18-13/h2-4,6,8,15H,5,7,9H2,1H3. The number of hydrogen-bond acceptors (Lipinski definition) is 5. The molecule has 0 aliphatic heterocycles. The Hall–Kier alpha value is -0.590. The Morgan fingerprint density at radius 2 is 2.37 bits per heavy atom. The van der Waals surface area contributed by atoms with Gasteiger partial charge in [0, 0.05) is 36.7 Å². The first-order chi connectivity index (χ1) is 9.31. The normalized spacial score (nSPS) is 10.8. The van der Waals surface area contributed by atoms with Gasteiger partial charge in [-0.15, -0.1) is 11.3 Å². The van der Waals surface area contributed by atoms with E-state index >= 15 is 0 Å². The van der Waals surface area contributed by atoms with E-state index in [-0.39, 0.29) is 0 Å². The van der Waals surface area contributed by atoms with Gasteiger partial charge in [-0.1, -0.05) is 35.5 Å². The lowest BCUT2D eigenvalue weighted by Gasteiger charge is -2.10. The lowest BCUT2D eigenvalue weighted by molar-refractivity contribution is 0.199. The molecule has 0 aliphatic carbocycles. The van der Waals surface area contributed by atoms with Crippen molar-refractivity contribution in [2.75, 3.05) is 20.3 Å². The number of aromatic nitrogens is 1. The second-order valence-electron chi connectivity index (χ2n) is 3.80. The number of benzene rings is 1. The van der Waals surface area contributed by atoms with E-state index in [0.29, 0.717) is 6.61 Å². The second-order valence-corrected chi connectivity index (χ2v) is 6.36. The van der Waals surface area contributed by atoms with Crippen LogP contribution in [0.5, 0.6) is 0 Å². The number of rotatable bonds is 7. The van der Waals surface area contributed by atoms with Crippen molar-refractivity contribution in [1.82, 2.24) is 10.3 Å². The van der Waals surface area contributed by atoms with Crippen molar-refractivity contribution in [3.63, 3.8) is 0 Å². The molecule has 2 aromatic rings. The number of halogens is 1. The van der Waals surface area contributed by atoms with Crippen LogP contribution in [0.2, 0.25) is 5.02 Å². The van der Waals surface area contributed by atoms with Crippen molar-refractivity contribution >= 4 is 34.7 Å². The predicted octanol–water partition coefficient (Wildman–Crippen LogP) is 3.68. The van der Waals surface area contributed by atoms with Crippen LogP contribution in [-0.2, 0) is 11.3 Å². The van der Waals surface area contributed by atoms with E-state index in [9.17, 15) is 0 Å². The highest BCUT2D eigenvalue weighted by molar-refractivity contribution is 8.01. The molecule has 0 atom stereocenters. The van der Waals surface area contributed by atoms with Crippen molar-refractivity contribution in [3.05, 3.63) is 40.4 Å². The minimum Gasteiger partial charge on any atom is -0.383 e. The predicted molar refractivity (Wildman–Crippen MR) is 81.3 cm³/mol. The molecule has 0 saturated heterocycles. The minimum absolute atomic E-state index is 0.704. The summed E-state index contributed by atoms with van der Waals surface area (Å²) in [5.74, 6) is 0. The van der Waals surface area contributed by atoms with E-state index in [2.05, 4.69) is 16.4 Å². The number of hydrogen-bond donors (Lipinski definition) is 1. The molecule has 0 amide bonds. The van der Waals surface area contributed by atoms with Gasteiger partial charge in [0.05, 0.1) is 11.6 Å². The molecule has 102 valence electrons. The lowest BCUT2D eigenvalue weighted by atomic mass is 10.2. The highest BCUT2D eigenvalue weighted by Gasteiger charge is 2.10. The third-order valence-electron chi connectivity index (χ3n) is 2.45. The van der Waals surface area contributed by atoms with E-state index in [1.807, 2.05) is 17.5 Å². The minimum atomic E-state index is 0.704. The van der Waals surface area contributed by atoms with Crippen LogP contribution in [0.1, 0.15) is 5.56 Å². The third-order valence-corrected chi connectivity index (χ3v) is 4.94. The Morgan fingerprint density at radius 3 is 3.11 bits per heavy atom. The maximum atomic E-state index is 6.29. The smallest absolute Gasteiger partial charge is 0.154 e. The van der Waals surface area contributed by atoms with Gasteiger partial charge in [0.1, 0.15) is 0 Å². The molecule has 2 rings (SSSR count). The third kappa shape index (κ3) is 4.47. The second kappa shape index (κ2) is 7.87. The average Bonchev–Trinajstić information content (AvgIpc) is 2.91. The van der Waals surface area contributed by atoms with Crippen molar-refractivity contribution < 1.29 is 4.74 Å². The van der Waals surface area contributed by atoms with Gasteiger partial charge in [-0.05, 0) is 11.6 Å². The Labute approximate surface area is 126 Å². The Morgan fingerprint density at radius 1 is 1.47 bits per heavy atom. The Bertz CT molecular complexity index is 505. The van der Waals surface area contributed by atoms with Crippen LogP contribution in [0.15, 0.2) is 39.0 Å². The summed E-state index contributed by atoms with van der Waals surface area (Å²) >= 11 is 9.53. The summed E-state index contributed by atoms with van der Waals surface area (Å²) in [7, 11) is 1.70. The average molecular weight is 315 g/mol. The Balaban J connectivity index is 2.07. The van der Waals surface area contributed by atoms with Crippen LogP contribution in [-0.4, -0.2) is 25.2 Å². The summed E-state index contributed by atoms with van der Waals surface area (Å²) < 4.78 is 6.02. The monoisotopic (exact) mass is 314 g/mol. The van der Waals surface area contributed by atoms with Gasteiger partial charge in [-0.3, -0.25) is 0 Å². The molecule has 1 heterocycles. The van der Waals surface area contributed by atoms with Crippen molar-refractivity contribution in [3.8, 4) is 0 Å². The molecule has 1 aromatic heterocycles. The first-order valence-electron chi connectivity index (χ1n) is 5.85. The molecule has 0 fully saturated rings. The first kappa shape index (κ1) is 14.8. The van der Waals surface area contributed by atoms with Crippen molar-refractivity contribution in [2.45, 2.75) is 15.8 Å². The van der Waals surface area contributed by atoms with Gasteiger partial charge < -0.3 is 10.1 Å². The van der Waals surface area contributed by atoms with E-state index in [1.54, 1.807) is 36.4 Å². The fourth-order valence-corrected chi connectivity index (χ4v) is 3.56. The molecule has 1 N–H and O–H groups in total. The van der Waals surface area contributed by atoms with Crippen LogP contribution in [0.25, 0.3) is 0 Å². The SMILES string of the molecule is COCCNCc1cccc(Cl)c1Sc1nccs1. The zero-order valence-corrected chi connectivity index (χ0v) is 12.9. The first-order valence-corrected chi connectivity index (χ1v) is 7.93. The van der Waals surface area contributed by atoms with E-state index in [4.69, 9.17) is 16.3 Å². The molecule has 19 heavy (non-hydrogen) atoms. The number of thiazole rings is 1. The number of nitrogens with one attached hydrogen (secondary N) is 1. The van der Waals surface area contributed by atoms with E-state index in [0.717, 1.165) is 27.3 Å². The molecular formula is C13H15ClN2OS2. The number of nitrogens with zero attached hydrogens (tertiary/aromatic N) is 1. The molecule has 0 unspecified atom stereocenters. The summed E-state index contributed by atoms with van der Waals surface area (Å²) in [5, 5.41) is 6.07. The van der Waals surface area contributed by atoms with Crippen LogP contribution < -0.4 is 5.32 Å². The summed E-state index contributed by atoms with van der Waals surface area (Å²) in [4.78, 5) is 5.36. The molecular weight excluding hydrogens is 300 g/mol. The van der Waals surface area contributed by atoms with Crippen LogP contribution in [0.4, 0.5) is 0 Å². The van der Waals surface area contributed by atoms with Gasteiger partial charge in [-0.2, -0.15) is 0 Å².